The summed E-state index contributed by atoms with van der Waals surface area (Å²) in [6.45, 7) is 9.82. The van der Waals surface area contributed by atoms with E-state index in [4.69, 9.17) is 4.74 Å². The van der Waals surface area contributed by atoms with E-state index in [1.165, 1.54) is 11.1 Å². The third-order valence-electron chi connectivity index (χ3n) is 5.70. The first-order valence-corrected chi connectivity index (χ1v) is 11.2. The Kier molecular flexibility index (Phi) is 7.54. The van der Waals surface area contributed by atoms with Gasteiger partial charge in [-0.05, 0) is 38.3 Å². The molecule has 0 saturated carbocycles. The Morgan fingerprint density at radius 1 is 1.10 bits per heavy atom. The van der Waals surface area contributed by atoms with E-state index < -0.39 is 5.60 Å². The van der Waals surface area contributed by atoms with E-state index in [1.807, 2.05) is 20.8 Å². The number of benzene rings is 2. The lowest BCUT2D eigenvalue weighted by molar-refractivity contribution is 0.00974. The van der Waals surface area contributed by atoms with Crippen LogP contribution in [-0.4, -0.2) is 35.2 Å². The molecule has 1 saturated heterocycles. The lowest BCUT2D eigenvalue weighted by atomic mass is 9.77. The summed E-state index contributed by atoms with van der Waals surface area (Å²) in [6.07, 6.45) is 2.82. The molecule has 0 aliphatic carbocycles. The molecule has 0 spiro atoms. The van der Waals surface area contributed by atoms with Gasteiger partial charge in [0.25, 0.3) is 0 Å². The Bertz CT molecular complexity index is 786. The maximum atomic E-state index is 12.6. The minimum atomic E-state index is -0.498. The van der Waals surface area contributed by atoms with Crippen LogP contribution in [0.4, 0.5) is 4.79 Å². The zero-order valence-corrected chi connectivity index (χ0v) is 18.8. The number of amides is 1. The van der Waals surface area contributed by atoms with Crippen molar-refractivity contribution in [3.05, 3.63) is 71.8 Å². The largest absolute Gasteiger partial charge is 0.444 e. The summed E-state index contributed by atoms with van der Waals surface area (Å²) in [5.74, 6) is 0.409. The maximum Gasteiger partial charge on any atom is 0.407 e. The van der Waals surface area contributed by atoms with Crippen LogP contribution in [0, 0.1) is 0 Å². The molecule has 0 bridgehead atoms. The number of carbonyl (C=O) groups excluding carboxylic acids is 1. The first-order valence-electron chi connectivity index (χ1n) is 11.2. The smallest absolute Gasteiger partial charge is 0.407 e. The van der Waals surface area contributed by atoms with Crippen LogP contribution in [0.25, 0.3) is 0 Å². The van der Waals surface area contributed by atoms with Gasteiger partial charge in [0.05, 0.1) is 0 Å². The second kappa shape index (κ2) is 10.1. The van der Waals surface area contributed by atoms with Crippen LogP contribution >= 0.6 is 0 Å². The Morgan fingerprint density at radius 2 is 1.73 bits per heavy atom. The molecule has 30 heavy (non-hydrogen) atoms. The predicted molar refractivity (Wildman–Crippen MR) is 123 cm³/mol. The zero-order valence-electron chi connectivity index (χ0n) is 18.8. The molecular weight excluding hydrogens is 372 g/mol. The Hall–Kier alpha value is -2.33. The molecule has 4 heteroatoms. The van der Waals surface area contributed by atoms with Crippen molar-refractivity contribution in [2.45, 2.75) is 77.1 Å². The number of unbranched alkanes of at least 4 members (excludes halogenated alkanes) is 1. The minimum Gasteiger partial charge on any atom is -0.444 e. The lowest BCUT2D eigenvalue weighted by Crippen LogP contribution is -2.63. The lowest BCUT2D eigenvalue weighted by Gasteiger charge is -2.52. The Morgan fingerprint density at radius 3 is 2.33 bits per heavy atom. The molecule has 1 amide bonds. The van der Waals surface area contributed by atoms with E-state index in [9.17, 15) is 4.79 Å². The molecule has 1 aliphatic rings. The van der Waals surface area contributed by atoms with Crippen LogP contribution in [0.1, 0.15) is 64.0 Å². The van der Waals surface area contributed by atoms with Gasteiger partial charge in [-0.15, -0.1) is 0 Å². The summed E-state index contributed by atoms with van der Waals surface area (Å²) < 4.78 is 5.59. The van der Waals surface area contributed by atoms with Crippen molar-refractivity contribution in [2.75, 3.05) is 6.54 Å². The van der Waals surface area contributed by atoms with Gasteiger partial charge >= 0.3 is 6.09 Å². The number of hydrogen-bond donors (Lipinski definition) is 1. The number of carbonyl (C=O) groups is 1. The average Bonchev–Trinajstić information content (AvgIpc) is 2.69. The molecule has 0 aromatic heterocycles. The van der Waals surface area contributed by atoms with Gasteiger partial charge in [-0.3, -0.25) is 4.90 Å². The zero-order chi connectivity index (χ0) is 21.6. The molecular formula is C26H36N2O2. The highest BCUT2D eigenvalue weighted by Gasteiger charge is 2.44. The molecule has 1 N–H and O–H groups in total. The first kappa shape index (κ1) is 22.4. The van der Waals surface area contributed by atoms with Crippen molar-refractivity contribution >= 4 is 6.09 Å². The van der Waals surface area contributed by atoms with E-state index in [2.05, 4.69) is 77.8 Å². The number of hydrogen-bond acceptors (Lipinski definition) is 3. The van der Waals surface area contributed by atoms with Crippen molar-refractivity contribution in [3.63, 3.8) is 0 Å². The van der Waals surface area contributed by atoms with Crippen molar-refractivity contribution < 1.29 is 9.53 Å². The van der Waals surface area contributed by atoms with E-state index in [0.29, 0.717) is 5.92 Å². The molecule has 1 aliphatic heterocycles. The Labute approximate surface area is 181 Å². The number of likely N-dealkylation sites (tertiary alicyclic amines) is 1. The fraction of sp³-hybridized carbons (Fsp3) is 0.500. The molecule has 2 aromatic carbocycles. The third-order valence-corrected chi connectivity index (χ3v) is 5.70. The second-order valence-electron chi connectivity index (χ2n) is 9.32. The van der Waals surface area contributed by atoms with Gasteiger partial charge < -0.3 is 10.1 Å². The second-order valence-corrected chi connectivity index (χ2v) is 9.32. The number of alkyl carbamates (subject to hydrolysis) is 1. The van der Waals surface area contributed by atoms with E-state index >= 15 is 0 Å². The summed E-state index contributed by atoms with van der Waals surface area (Å²) in [5.41, 5.74) is 2.15. The van der Waals surface area contributed by atoms with Gasteiger partial charge in [0.2, 0.25) is 0 Å². The summed E-state index contributed by atoms with van der Waals surface area (Å²) in [5, 5.41) is 3.22. The SMILES string of the molecule is CCCC[C@H](NC(=O)OC(C)(C)C)[C@H]1[C@H](c2ccccc2)CN1Cc1ccccc1. The van der Waals surface area contributed by atoms with E-state index in [1.54, 1.807) is 0 Å². The quantitative estimate of drug-likeness (QED) is 0.606. The van der Waals surface area contributed by atoms with Crippen LogP contribution < -0.4 is 5.32 Å². The van der Waals surface area contributed by atoms with Gasteiger partial charge in [-0.1, -0.05) is 80.4 Å². The molecule has 3 atom stereocenters. The molecule has 1 heterocycles. The normalized spacial score (nSPS) is 20.3. The molecule has 0 radical (unpaired) electrons. The van der Waals surface area contributed by atoms with Crippen molar-refractivity contribution in [1.29, 1.82) is 0 Å². The molecule has 1 fully saturated rings. The standard InChI is InChI=1S/C26H36N2O2/c1-5-6-17-23(27-25(29)30-26(2,3)4)24-22(21-15-11-8-12-16-21)19-28(24)18-20-13-9-7-10-14-20/h7-16,22-24H,5-6,17-19H2,1-4H3,(H,27,29)/t22-,23-,24+/m0/s1. The topological polar surface area (TPSA) is 41.6 Å². The van der Waals surface area contributed by atoms with Crippen LogP contribution in [0.2, 0.25) is 0 Å². The van der Waals surface area contributed by atoms with Crippen molar-refractivity contribution in [3.8, 4) is 0 Å². The highest BCUT2D eigenvalue weighted by atomic mass is 16.6. The third kappa shape index (κ3) is 6.09. The number of nitrogens with zero attached hydrogens (tertiary/aromatic N) is 1. The van der Waals surface area contributed by atoms with Crippen LogP contribution in [0.15, 0.2) is 60.7 Å². The monoisotopic (exact) mass is 408 g/mol. The van der Waals surface area contributed by atoms with Gasteiger partial charge in [0.15, 0.2) is 0 Å². The number of nitrogens with one attached hydrogen (secondary N) is 1. The number of ether oxygens (including phenoxy) is 1. The summed E-state index contributed by atoms with van der Waals surface area (Å²) in [4.78, 5) is 15.1. The maximum absolute atomic E-state index is 12.6. The predicted octanol–water partition coefficient (Wildman–Crippen LogP) is 5.74. The number of rotatable bonds is 8. The highest BCUT2D eigenvalue weighted by molar-refractivity contribution is 5.68. The fourth-order valence-electron chi connectivity index (χ4n) is 4.34. The molecule has 4 nitrogen and oxygen atoms in total. The summed E-state index contributed by atoms with van der Waals surface area (Å²) in [6, 6.07) is 21.6. The van der Waals surface area contributed by atoms with Gasteiger partial charge in [0, 0.05) is 31.1 Å². The van der Waals surface area contributed by atoms with Crippen LogP contribution in [0.3, 0.4) is 0 Å². The summed E-state index contributed by atoms with van der Waals surface area (Å²) >= 11 is 0. The van der Waals surface area contributed by atoms with Gasteiger partial charge in [-0.2, -0.15) is 0 Å². The molecule has 0 unspecified atom stereocenters. The van der Waals surface area contributed by atoms with E-state index in [-0.39, 0.29) is 18.2 Å². The molecule has 3 rings (SSSR count). The Balaban J connectivity index is 1.81. The fourth-order valence-corrected chi connectivity index (χ4v) is 4.34. The van der Waals surface area contributed by atoms with Crippen LogP contribution in [0.5, 0.6) is 0 Å². The van der Waals surface area contributed by atoms with Crippen LogP contribution in [-0.2, 0) is 11.3 Å². The summed E-state index contributed by atoms with van der Waals surface area (Å²) in [7, 11) is 0. The van der Waals surface area contributed by atoms with Gasteiger partial charge in [-0.25, -0.2) is 4.79 Å². The first-order chi connectivity index (χ1) is 14.4. The molecule has 162 valence electrons. The highest BCUT2D eigenvalue weighted by Crippen LogP contribution is 2.38. The van der Waals surface area contributed by atoms with E-state index in [0.717, 1.165) is 32.4 Å². The molecule has 2 aromatic rings. The van der Waals surface area contributed by atoms with Gasteiger partial charge in [0.1, 0.15) is 5.60 Å². The van der Waals surface area contributed by atoms with Crippen molar-refractivity contribution in [1.82, 2.24) is 10.2 Å². The minimum absolute atomic E-state index is 0.0578. The van der Waals surface area contributed by atoms with Crippen molar-refractivity contribution in [2.24, 2.45) is 0 Å². The average molecular weight is 409 g/mol.